The second-order valence-electron chi connectivity index (χ2n) is 3.09. The summed E-state index contributed by atoms with van der Waals surface area (Å²) in [7, 11) is 0. The molecule has 0 aliphatic heterocycles. The second-order valence-corrected chi connectivity index (χ2v) is 4.51. The lowest BCUT2D eigenvalue weighted by atomic mass is 10.3. The van der Waals surface area contributed by atoms with E-state index in [0.717, 1.165) is 0 Å². The van der Waals surface area contributed by atoms with Crippen molar-refractivity contribution in [1.82, 2.24) is 5.32 Å². The van der Waals surface area contributed by atoms with Gasteiger partial charge in [0.2, 0.25) is 5.91 Å². The van der Waals surface area contributed by atoms with Gasteiger partial charge in [-0.25, -0.2) is 4.79 Å². The number of hydrogen-bond acceptors (Lipinski definition) is 4. The van der Waals surface area contributed by atoms with Crippen molar-refractivity contribution in [2.24, 2.45) is 0 Å². The van der Waals surface area contributed by atoms with E-state index in [2.05, 4.69) is 5.32 Å². The lowest BCUT2D eigenvalue weighted by molar-refractivity contribution is -0.140. The van der Waals surface area contributed by atoms with Crippen LogP contribution in [0.2, 0.25) is 0 Å². The van der Waals surface area contributed by atoms with Gasteiger partial charge in [-0.1, -0.05) is 0 Å². The van der Waals surface area contributed by atoms with Crippen molar-refractivity contribution in [2.75, 3.05) is 17.4 Å². The number of halogens is 1. The first-order valence-corrected chi connectivity index (χ1v) is 6.31. The molecule has 0 bridgehead atoms. The number of thioether (sulfide) groups is 1. The number of carbonyl (C=O) groups is 3. The van der Waals surface area contributed by atoms with E-state index in [9.17, 15) is 14.4 Å². The lowest BCUT2D eigenvalue weighted by Crippen LogP contribution is -2.41. The Bertz CT molecular complexity index is 272. The molecule has 0 fully saturated rings. The first kappa shape index (κ1) is 15.2. The predicted molar refractivity (Wildman–Crippen MR) is 62.9 cm³/mol. The molecule has 0 aromatic rings. The Morgan fingerprint density at radius 1 is 1.44 bits per heavy atom. The van der Waals surface area contributed by atoms with Gasteiger partial charge in [0, 0.05) is 24.9 Å². The molecule has 7 heteroatoms. The molecule has 16 heavy (non-hydrogen) atoms. The molecular weight excluding hydrogens is 254 g/mol. The van der Waals surface area contributed by atoms with Crippen LogP contribution in [0, 0.1) is 0 Å². The molecule has 0 heterocycles. The molecule has 0 aliphatic carbocycles. The Kier molecular flexibility index (Phi) is 8.01. The standard InChI is InChI=1S/C9H14ClNO4S/c1-6(12)11-8(9(14)15)5-16-3-2-7(13)4-10/h8H,2-5H2,1H3,(H,11,12)(H,14,15)/t8-/m0/s1. The summed E-state index contributed by atoms with van der Waals surface area (Å²) in [5.74, 6) is -0.801. The number of hydrogen-bond donors (Lipinski definition) is 2. The third kappa shape index (κ3) is 7.53. The molecule has 1 atom stereocenters. The van der Waals surface area contributed by atoms with Crippen molar-refractivity contribution in [3.8, 4) is 0 Å². The summed E-state index contributed by atoms with van der Waals surface area (Å²) in [6.45, 7) is 1.26. The van der Waals surface area contributed by atoms with Crippen LogP contribution in [0.1, 0.15) is 13.3 Å². The third-order valence-corrected chi connectivity index (χ3v) is 2.99. The summed E-state index contributed by atoms with van der Waals surface area (Å²) in [4.78, 5) is 32.2. The van der Waals surface area contributed by atoms with E-state index in [1.54, 1.807) is 0 Å². The van der Waals surface area contributed by atoms with Gasteiger partial charge in [-0.05, 0) is 0 Å². The van der Waals surface area contributed by atoms with Crippen molar-refractivity contribution >= 4 is 41.0 Å². The highest BCUT2D eigenvalue weighted by molar-refractivity contribution is 7.99. The number of rotatable bonds is 8. The third-order valence-electron chi connectivity index (χ3n) is 1.63. The molecule has 0 rings (SSSR count). The first-order chi connectivity index (χ1) is 7.47. The molecular formula is C9H14ClNO4S. The Balaban J connectivity index is 3.81. The van der Waals surface area contributed by atoms with E-state index in [0.29, 0.717) is 12.2 Å². The van der Waals surface area contributed by atoms with Crippen molar-refractivity contribution < 1.29 is 19.5 Å². The minimum absolute atomic E-state index is 0.0192. The summed E-state index contributed by atoms with van der Waals surface area (Å²) in [5.41, 5.74) is 0. The van der Waals surface area contributed by atoms with Crippen LogP contribution in [0.3, 0.4) is 0 Å². The molecule has 5 nitrogen and oxygen atoms in total. The van der Waals surface area contributed by atoms with E-state index in [1.165, 1.54) is 18.7 Å². The molecule has 0 aliphatic rings. The highest BCUT2D eigenvalue weighted by atomic mass is 35.5. The van der Waals surface area contributed by atoms with Crippen LogP contribution in [0.5, 0.6) is 0 Å². The fourth-order valence-corrected chi connectivity index (χ4v) is 2.01. The number of alkyl halides is 1. The minimum atomic E-state index is -1.08. The van der Waals surface area contributed by atoms with E-state index in [1.807, 2.05) is 0 Å². The highest BCUT2D eigenvalue weighted by Gasteiger charge is 2.17. The number of carboxylic acids is 1. The smallest absolute Gasteiger partial charge is 0.327 e. The van der Waals surface area contributed by atoms with Gasteiger partial charge < -0.3 is 10.4 Å². The average molecular weight is 268 g/mol. The SMILES string of the molecule is CC(=O)N[C@@H](CSCCC(=O)CCl)C(=O)O. The van der Waals surface area contributed by atoms with Gasteiger partial charge in [0.15, 0.2) is 0 Å². The van der Waals surface area contributed by atoms with E-state index in [4.69, 9.17) is 16.7 Å². The van der Waals surface area contributed by atoms with Gasteiger partial charge in [-0.2, -0.15) is 11.8 Å². The molecule has 1 amide bonds. The predicted octanol–water partition coefficient (Wildman–Crippen LogP) is 0.507. The Hall–Kier alpha value is -0.750. The zero-order chi connectivity index (χ0) is 12.6. The van der Waals surface area contributed by atoms with Gasteiger partial charge in [0.25, 0.3) is 0 Å². The largest absolute Gasteiger partial charge is 0.480 e. The summed E-state index contributed by atoms with van der Waals surface area (Å²) in [6.07, 6.45) is 0.320. The second kappa shape index (κ2) is 8.41. The minimum Gasteiger partial charge on any atom is -0.480 e. The zero-order valence-electron chi connectivity index (χ0n) is 8.86. The van der Waals surface area contributed by atoms with Gasteiger partial charge >= 0.3 is 5.97 Å². The van der Waals surface area contributed by atoms with Gasteiger partial charge in [-0.3, -0.25) is 9.59 Å². The molecule has 0 radical (unpaired) electrons. The van der Waals surface area contributed by atoms with E-state index < -0.39 is 12.0 Å². The molecule has 0 aromatic carbocycles. The quantitative estimate of drug-likeness (QED) is 0.494. The average Bonchev–Trinajstić information content (AvgIpc) is 2.21. The molecule has 0 aromatic heterocycles. The number of aliphatic carboxylic acids is 1. The first-order valence-electron chi connectivity index (χ1n) is 4.62. The van der Waals surface area contributed by atoms with E-state index >= 15 is 0 Å². The zero-order valence-corrected chi connectivity index (χ0v) is 10.4. The monoisotopic (exact) mass is 267 g/mol. The fourth-order valence-electron chi connectivity index (χ4n) is 0.874. The number of nitrogens with one attached hydrogen (secondary N) is 1. The Morgan fingerprint density at radius 2 is 2.06 bits per heavy atom. The number of carboxylic acid groups (broad SMARTS) is 1. The topological polar surface area (TPSA) is 83.5 Å². The van der Waals surface area contributed by atoms with Crippen LogP contribution >= 0.6 is 23.4 Å². The summed E-state index contributed by atoms with van der Waals surface area (Å²) in [6, 6.07) is -0.909. The van der Waals surface area contributed by atoms with Crippen LogP contribution in [-0.2, 0) is 14.4 Å². The summed E-state index contributed by atoms with van der Waals surface area (Å²) >= 11 is 6.60. The highest BCUT2D eigenvalue weighted by Crippen LogP contribution is 2.06. The molecule has 0 unspecified atom stereocenters. The maximum Gasteiger partial charge on any atom is 0.327 e. The van der Waals surface area contributed by atoms with E-state index in [-0.39, 0.29) is 23.3 Å². The van der Waals surface area contributed by atoms with Crippen LogP contribution in [0.15, 0.2) is 0 Å². The lowest BCUT2D eigenvalue weighted by Gasteiger charge is -2.12. The maximum atomic E-state index is 10.8. The van der Waals surface area contributed by atoms with Gasteiger partial charge in [0.05, 0.1) is 5.88 Å². The van der Waals surface area contributed by atoms with Crippen molar-refractivity contribution in [3.05, 3.63) is 0 Å². The number of amides is 1. The fraction of sp³-hybridized carbons (Fsp3) is 0.667. The van der Waals surface area contributed by atoms with Crippen molar-refractivity contribution in [1.29, 1.82) is 0 Å². The van der Waals surface area contributed by atoms with Crippen LogP contribution < -0.4 is 5.32 Å². The van der Waals surface area contributed by atoms with Crippen LogP contribution in [-0.4, -0.2) is 46.2 Å². The molecule has 92 valence electrons. The summed E-state index contributed by atoms with van der Waals surface area (Å²) in [5, 5.41) is 11.1. The van der Waals surface area contributed by atoms with Crippen LogP contribution in [0.25, 0.3) is 0 Å². The number of ketones is 1. The van der Waals surface area contributed by atoms with Gasteiger partial charge in [0.1, 0.15) is 11.8 Å². The Morgan fingerprint density at radius 3 is 2.50 bits per heavy atom. The maximum absolute atomic E-state index is 10.8. The summed E-state index contributed by atoms with van der Waals surface area (Å²) < 4.78 is 0. The van der Waals surface area contributed by atoms with Crippen LogP contribution in [0.4, 0.5) is 0 Å². The molecule has 0 spiro atoms. The van der Waals surface area contributed by atoms with Crippen molar-refractivity contribution in [3.63, 3.8) is 0 Å². The van der Waals surface area contributed by atoms with Crippen molar-refractivity contribution in [2.45, 2.75) is 19.4 Å². The van der Waals surface area contributed by atoms with Gasteiger partial charge in [-0.15, -0.1) is 11.6 Å². The Labute approximate surface area is 103 Å². The normalized spacial score (nSPS) is 11.9. The number of carbonyl (C=O) groups excluding carboxylic acids is 2. The molecule has 0 saturated heterocycles. The number of Topliss-reactive ketones (excluding diaryl/α,β-unsaturated/α-hetero) is 1. The molecule has 2 N–H and O–H groups in total. The molecule has 0 saturated carbocycles.